The standard InChI is InChI=1S/C8H20N.C4H8O.BrH/c1-5-9(6-2,7-3)8-4;1-3-4(2)5;/h5-8H2,1-4H3;3H2,1-2H3;1H/q+1;;/p-1. The molecule has 0 amide bonds. The maximum atomic E-state index is 9.81. The van der Waals surface area contributed by atoms with Crippen LogP contribution in [0.25, 0.3) is 0 Å². The number of hydrogen-bond acceptors (Lipinski definition) is 1. The molecule has 15 heavy (non-hydrogen) atoms. The Labute approximate surface area is 106 Å². The smallest absolute Gasteiger partial charge is 0.129 e. The zero-order valence-corrected chi connectivity index (χ0v) is 12.9. The summed E-state index contributed by atoms with van der Waals surface area (Å²) in [6, 6.07) is 0. The van der Waals surface area contributed by atoms with E-state index in [0.29, 0.717) is 6.42 Å². The Balaban J connectivity index is -0.000000208. The highest BCUT2D eigenvalue weighted by atomic mass is 79.9. The molecule has 0 atom stereocenters. The highest BCUT2D eigenvalue weighted by Crippen LogP contribution is 2.03. The van der Waals surface area contributed by atoms with Crippen LogP contribution in [0.5, 0.6) is 0 Å². The predicted molar refractivity (Wildman–Crippen MR) is 63.4 cm³/mol. The van der Waals surface area contributed by atoms with Crippen molar-refractivity contribution in [1.29, 1.82) is 0 Å². The molecule has 0 aliphatic carbocycles. The Bertz CT molecular complexity index is 127. The van der Waals surface area contributed by atoms with E-state index in [1.807, 2.05) is 6.92 Å². The molecule has 3 heteroatoms. The average molecular weight is 282 g/mol. The molecular formula is C12H28BrNO. The first-order valence-corrected chi connectivity index (χ1v) is 5.86. The van der Waals surface area contributed by atoms with Crippen molar-refractivity contribution in [3.63, 3.8) is 0 Å². The quantitative estimate of drug-likeness (QED) is 0.642. The van der Waals surface area contributed by atoms with Gasteiger partial charge in [0.15, 0.2) is 0 Å². The SMILES string of the molecule is CCC(C)=O.CC[N+](CC)(CC)CC.[Br-]. The third-order valence-corrected chi connectivity index (χ3v) is 3.18. The van der Waals surface area contributed by atoms with Gasteiger partial charge in [-0.1, -0.05) is 6.92 Å². The highest BCUT2D eigenvalue weighted by molar-refractivity contribution is 5.74. The molecule has 0 bridgehead atoms. The minimum atomic E-state index is 0. The molecule has 0 aliphatic heterocycles. The van der Waals surface area contributed by atoms with Crippen molar-refractivity contribution in [2.24, 2.45) is 0 Å². The van der Waals surface area contributed by atoms with Crippen molar-refractivity contribution in [1.82, 2.24) is 0 Å². The topological polar surface area (TPSA) is 17.1 Å². The number of halogens is 1. The second-order valence-corrected chi connectivity index (χ2v) is 3.66. The van der Waals surface area contributed by atoms with E-state index >= 15 is 0 Å². The molecule has 0 saturated heterocycles. The summed E-state index contributed by atoms with van der Waals surface area (Å²) >= 11 is 0. The number of quaternary nitrogens is 1. The van der Waals surface area contributed by atoms with Crippen molar-refractivity contribution < 1.29 is 26.3 Å². The second kappa shape index (κ2) is 12.2. The van der Waals surface area contributed by atoms with Gasteiger partial charge in [-0.3, -0.25) is 0 Å². The van der Waals surface area contributed by atoms with Crippen molar-refractivity contribution in [2.75, 3.05) is 26.2 Å². The first-order valence-electron chi connectivity index (χ1n) is 5.86. The predicted octanol–water partition coefficient (Wildman–Crippen LogP) is -0.128. The van der Waals surface area contributed by atoms with E-state index in [4.69, 9.17) is 0 Å². The molecule has 0 fully saturated rings. The summed E-state index contributed by atoms with van der Waals surface area (Å²) in [5.74, 6) is 0.255. The van der Waals surface area contributed by atoms with Crippen LogP contribution in [-0.2, 0) is 4.79 Å². The Hall–Kier alpha value is 0.110. The molecule has 0 N–H and O–H groups in total. The first-order chi connectivity index (χ1) is 6.51. The molecule has 0 aromatic carbocycles. The number of carbonyl (C=O) groups is 1. The van der Waals surface area contributed by atoms with Crippen molar-refractivity contribution >= 4 is 5.78 Å². The van der Waals surface area contributed by atoms with Crippen LogP contribution >= 0.6 is 0 Å². The lowest BCUT2D eigenvalue weighted by molar-refractivity contribution is -0.921. The van der Waals surface area contributed by atoms with Crippen LogP contribution in [0.2, 0.25) is 0 Å². The average Bonchev–Trinajstić information content (AvgIpc) is 2.23. The third kappa shape index (κ3) is 10.4. The summed E-state index contributed by atoms with van der Waals surface area (Å²) in [6.07, 6.45) is 0.667. The van der Waals surface area contributed by atoms with Crippen LogP contribution in [-0.4, -0.2) is 36.4 Å². The van der Waals surface area contributed by atoms with E-state index in [1.54, 1.807) is 6.92 Å². The Morgan fingerprint density at radius 3 is 1.07 bits per heavy atom. The van der Waals surface area contributed by atoms with Gasteiger partial charge in [0, 0.05) is 6.42 Å². The van der Waals surface area contributed by atoms with Crippen molar-refractivity contribution in [2.45, 2.75) is 48.0 Å². The molecule has 0 rings (SSSR count). The van der Waals surface area contributed by atoms with E-state index in [2.05, 4.69) is 27.7 Å². The molecule has 2 nitrogen and oxygen atoms in total. The van der Waals surface area contributed by atoms with Crippen molar-refractivity contribution in [3.8, 4) is 0 Å². The van der Waals surface area contributed by atoms with Crippen LogP contribution in [0, 0.1) is 0 Å². The summed E-state index contributed by atoms with van der Waals surface area (Å²) in [4.78, 5) is 9.81. The van der Waals surface area contributed by atoms with Gasteiger partial charge in [-0.2, -0.15) is 0 Å². The number of nitrogens with zero attached hydrogens (tertiary/aromatic N) is 1. The van der Waals surface area contributed by atoms with Crippen LogP contribution in [0.15, 0.2) is 0 Å². The number of hydrogen-bond donors (Lipinski definition) is 0. The van der Waals surface area contributed by atoms with Crippen LogP contribution < -0.4 is 17.0 Å². The Kier molecular flexibility index (Phi) is 16.7. The maximum Gasteiger partial charge on any atom is 0.129 e. The van der Waals surface area contributed by atoms with Gasteiger partial charge < -0.3 is 26.3 Å². The van der Waals surface area contributed by atoms with Gasteiger partial charge in [-0.15, -0.1) is 0 Å². The molecule has 94 valence electrons. The molecular weight excluding hydrogens is 254 g/mol. The van der Waals surface area contributed by atoms with Gasteiger partial charge in [-0.05, 0) is 34.6 Å². The summed E-state index contributed by atoms with van der Waals surface area (Å²) in [5, 5.41) is 0. The second-order valence-electron chi connectivity index (χ2n) is 3.66. The fourth-order valence-electron chi connectivity index (χ4n) is 1.34. The Morgan fingerprint density at radius 1 is 0.867 bits per heavy atom. The number of ketones is 1. The summed E-state index contributed by atoms with van der Waals surface area (Å²) < 4.78 is 1.28. The van der Waals surface area contributed by atoms with E-state index in [9.17, 15) is 4.79 Å². The first kappa shape index (κ1) is 20.5. The molecule has 0 saturated carbocycles. The lowest BCUT2D eigenvalue weighted by atomic mass is 10.3. The molecule has 0 radical (unpaired) electrons. The van der Waals surface area contributed by atoms with Crippen LogP contribution in [0.3, 0.4) is 0 Å². The zero-order valence-electron chi connectivity index (χ0n) is 11.3. The van der Waals surface area contributed by atoms with E-state index in [1.165, 1.54) is 30.7 Å². The van der Waals surface area contributed by atoms with Gasteiger partial charge in [0.05, 0.1) is 26.2 Å². The molecule has 0 unspecified atom stereocenters. The highest BCUT2D eigenvalue weighted by Gasteiger charge is 2.16. The fraction of sp³-hybridized carbons (Fsp3) is 0.917. The number of carbonyl (C=O) groups excluding carboxylic acids is 1. The number of rotatable bonds is 5. The lowest BCUT2D eigenvalue weighted by Crippen LogP contribution is -3.00. The molecule has 0 aromatic heterocycles. The summed E-state index contributed by atoms with van der Waals surface area (Å²) in [5.41, 5.74) is 0. The molecule has 0 spiro atoms. The van der Waals surface area contributed by atoms with Gasteiger partial charge in [0.2, 0.25) is 0 Å². The monoisotopic (exact) mass is 281 g/mol. The van der Waals surface area contributed by atoms with Crippen LogP contribution in [0.4, 0.5) is 0 Å². The lowest BCUT2D eigenvalue weighted by Gasteiger charge is -2.34. The molecule has 0 heterocycles. The molecule has 0 aliphatic rings. The minimum absolute atomic E-state index is 0. The minimum Gasteiger partial charge on any atom is -1.00 e. The summed E-state index contributed by atoms with van der Waals surface area (Å²) in [6.45, 7) is 17.7. The van der Waals surface area contributed by atoms with E-state index < -0.39 is 0 Å². The number of Topliss-reactive ketones (excluding diaryl/α,β-unsaturated/α-hetero) is 1. The summed E-state index contributed by atoms with van der Waals surface area (Å²) in [7, 11) is 0. The van der Waals surface area contributed by atoms with E-state index in [0.717, 1.165) is 0 Å². The van der Waals surface area contributed by atoms with Gasteiger partial charge >= 0.3 is 0 Å². The van der Waals surface area contributed by atoms with E-state index in [-0.39, 0.29) is 22.8 Å². The van der Waals surface area contributed by atoms with Gasteiger partial charge in [0.25, 0.3) is 0 Å². The van der Waals surface area contributed by atoms with Crippen LogP contribution in [0.1, 0.15) is 48.0 Å². The Morgan fingerprint density at radius 2 is 1.07 bits per heavy atom. The molecule has 0 aromatic rings. The van der Waals surface area contributed by atoms with Crippen molar-refractivity contribution in [3.05, 3.63) is 0 Å². The third-order valence-electron chi connectivity index (χ3n) is 3.18. The van der Waals surface area contributed by atoms with Gasteiger partial charge in [0.1, 0.15) is 5.78 Å². The fourth-order valence-corrected chi connectivity index (χ4v) is 1.34. The maximum absolute atomic E-state index is 9.81. The normalized spacial score (nSPS) is 9.73. The zero-order chi connectivity index (χ0) is 11.6. The van der Waals surface area contributed by atoms with Gasteiger partial charge in [-0.25, -0.2) is 0 Å². The largest absolute Gasteiger partial charge is 1.00 e.